The van der Waals surface area contributed by atoms with Crippen molar-refractivity contribution in [1.29, 1.82) is 0 Å². The average molecular weight is 314 g/mol. The van der Waals surface area contributed by atoms with Gasteiger partial charge in [0.1, 0.15) is 34.7 Å². The largest absolute Gasteiger partial charge is 0.507 e. The van der Waals surface area contributed by atoms with Crippen LogP contribution < -0.4 is 14.2 Å². The number of ether oxygens (including phenoxy) is 3. The van der Waals surface area contributed by atoms with Gasteiger partial charge in [-0.2, -0.15) is 0 Å². The molecule has 1 aliphatic heterocycles. The van der Waals surface area contributed by atoms with Crippen LogP contribution in [-0.4, -0.2) is 25.1 Å². The van der Waals surface area contributed by atoms with Crippen LogP contribution >= 0.6 is 0 Å². The van der Waals surface area contributed by atoms with Gasteiger partial charge in [-0.3, -0.25) is 4.79 Å². The highest BCUT2D eigenvalue weighted by Crippen LogP contribution is 2.45. The van der Waals surface area contributed by atoms with Gasteiger partial charge in [0.05, 0.1) is 20.6 Å². The number of benzene rings is 2. The Morgan fingerprint density at radius 2 is 1.87 bits per heavy atom. The monoisotopic (exact) mass is 314 g/mol. The molecule has 0 amide bonds. The zero-order valence-corrected chi connectivity index (χ0v) is 13.3. The zero-order chi connectivity index (χ0) is 16.6. The average Bonchev–Trinajstić information content (AvgIpc) is 2.57. The minimum Gasteiger partial charge on any atom is -0.507 e. The van der Waals surface area contributed by atoms with Crippen molar-refractivity contribution in [3.8, 4) is 23.0 Å². The van der Waals surface area contributed by atoms with Crippen LogP contribution in [0.4, 0.5) is 0 Å². The Morgan fingerprint density at radius 3 is 2.57 bits per heavy atom. The summed E-state index contributed by atoms with van der Waals surface area (Å²) in [7, 11) is 3.09. The van der Waals surface area contributed by atoms with Crippen LogP contribution in [0.15, 0.2) is 30.3 Å². The molecule has 23 heavy (non-hydrogen) atoms. The number of hydrogen-bond acceptors (Lipinski definition) is 5. The minimum atomic E-state index is -0.460. The summed E-state index contributed by atoms with van der Waals surface area (Å²) >= 11 is 0. The van der Waals surface area contributed by atoms with Gasteiger partial charge in [-0.05, 0) is 13.0 Å². The van der Waals surface area contributed by atoms with Gasteiger partial charge < -0.3 is 19.3 Å². The van der Waals surface area contributed by atoms with E-state index in [4.69, 9.17) is 14.2 Å². The summed E-state index contributed by atoms with van der Waals surface area (Å²) in [6.07, 6.45) is -0.315. The Hall–Kier alpha value is -2.69. The molecule has 3 rings (SSSR count). The van der Waals surface area contributed by atoms with Crippen molar-refractivity contribution in [2.24, 2.45) is 0 Å². The Bertz CT molecular complexity index is 766. The number of fused-ring (bicyclic) bond motifs is 1. The molecule has 1 atom stereocenters. The van der Waals surface area contributed by atoms with Gasteiger partial charge >= 0.3 is 0 Å². The highest BCUT2D eigenvalue weighted by molar-refractivity contribution is 6.03. The first-order valence-electron chi connectivity index (χ1n) is 7.30. The van der Waals surface area contributed by atoms with Gasteiger partial charge in [-0.15, -0.1) is 0 Å². The van der Waals surface area contributed by atoms with E-state index < -0.39 is 6.10 Å². The number of methoxy groups -OCH3 is 2. The summed E-state index contributed by atoms with van der Waals surface area (Å²) in [5.74, 6) is 1.23. The standard InChI is InChI=1S/C18H18O5/c1-10-14(22-3)9-16-17(18(10)20)12(19)8-15(23-16)11-6-4-5-7-13(11)21-2/h4-7,9,15,20H,8H2,1-3H3. The van der Waals surface area contributed by atoms with Gasteiger partial charge in [0.25, 0.3) is 0 Å². The summed E-state index contributed by atoms with van der Waals surface area (Å²) in [5.41, 5.74) is 1.54. The first kappa shape index (κ1) is 15.2. The molecule has 2 aromatic carbocycles. The second-order valence-corrected chi connectivity index (χ2v) is 5.40. The van der Waals surface area contributed by atoms with E-state index in [-0.39, 0.29) is 23.5 Å². The van der Waals surface area contributed by atoms with Crippen LogP contribution in [0.25, 0.3) is 0 Å². The molecule has 0 spiro atoms. The van der Waals surface area contributed by atoms with E-state index >= 15 is 0 Å². The predicted molar refractivity (Wildman–Crippen MR) is 84.7 cm³/mol. The normalized spacial score (nSPS) is 16.5. The van der Waals surface area contributed by atoms with E-state index in [0.29, 0.717) is 22.8 Å². The second kappa shape index (κ2) is 5.83. The topological polar surface area (TPSA) is 65.0 Å². The molecule has 2 aromatic rings. The predicted octanol–water partition coefficient (Wildman–Crippen LogP) is 3.42. The molecule has 0 aliphatic carbocycles. The Labute approximate surface area is 134 Å². The molecule has 1 unspecified atom stereocenters. The molecule has 0 radical (unpaired) electrons. The molecule has 1 aliphatic rings. The number of rotatable bonds is 3. The lowest BCUT2D eigenvalue weighted by Crippen LogP contribution is -2.21. The summed E-state index contributed by atoms with van der Waals surface area (Å²) in [6, 6.07) is 9.07. The number of carbonyl (C=O) groups excluding carboxylic acids is 1. The van der Waals surface area contributed by atoms with E-state index in [1.807, 2.05) is 24.3 Å². The molecule has 0 bridgehead atoms. The van der Waals surface area contributed by atoms with Crippen molar-refractivity contribution < 1.29 is 24.1 Å². The van der Waals surface area contributed by atoms with Crippen LogP contribution in [0, 0.1) is 6.92 Å². The minimum absolute atomic E-state index is 0.0807. The molecular weight excluding hydrogens is 296 g/mol. The second-order valence-electron chi connectivity index (χ2n) is 5.40. The summed E-state index contributed by atoms with van der Waals surface area (Å²) in [5, 5.41) is 10.3. The molecule has 0 saturated carbocycles. The van der Waals surface area contributed by atoms with Gasteiger partial charge in [0, 0.05) is 17.2 Å². The lowest BCUT2D eigenvalue weighted by Gasteiger charge is -2.28. The van der Waals surface area contributed by atoms with Crippen molar-refractivity contribution in [1.82, 2.24) is 0 Å². The smallest absolute Gasteiger partial charge is 0.174 e. The fourth-order valence-electron chi connectivity index (χ4n) is 2.87. The third-order valence-corrected chi connectivity index (χ3v) is 4.09. The lowest BCUT2D eigenvalue weighted by atomic mass is 9.93. The number of ketones is 1. The molecule has 1 N–H and O–H groups in total. The molecule has 5 heteroatoms. The first-order valence-corrected chi connectivity index (χ1v) is 7.30. The number of para-hydroxylation sites is 1. The van der Waals surface area contributed by atoms with Gasteiger partial charge in [0.15, 0.2) is 5.78 Å². The summed E-state index contributed by atoms with van der Waals surface area (Å²) in [4.78, 5) is 12.5. The van der Waals surface area contributed by atoms with E-state index in [1.54, 1.807) is 20.1 Å². The molecule has 0 fully saturated rings. The number of phenols is 1. The third-order valence-electron chi connectivity index (χ3n) is 4.09. The van der Waals surface area contributed by atoms with E-state index in [2.05, 4.69) is 0 Å². The number of hydrogen-bond donors (Lipinski definition) is 1. The zero-order valence-electron chi connectivity index (χ0n) is 13.3. The van der Waals surface area contributed by atoms with Crippen LogP contribution in [-0.2, 0) is 0 Å². The number of aromatic hydroxyl groups is 1. The highest BCUT2D eigenvalue weighted by atomic mass is 16.5. The number of phenolic OH excluding ortho intramolecular Hbond substituents is 1. The van der Waals surface area contributed by atoms with Crippen molar-refractivity contribution >= 4 is 5.78 Å². The van der Waals surface area contributed by atoms with Crippen molar-refractivity contribution in [2.75, 3.05) is 14.2 Å². The number of carbonyl (C=O) groups is 1. The highest BCUT2D eigenvalue weighted by Gasteiger charge is 2.33. The lowest BCUT2D eigenvalue weighted by molar-refractivity contribution is 0.0841. The molecule has 120 valence electrons. The fourth-order valence-corrected chi connectivity index (χ4v) is 2.87. The van der Waals surface area contributed by atoms with Gasteiger partial charge in [0.2, 0.25) is 0 Å². The van der Waals surface area contributed by atoms with Gasteiger partial charge in [-0.25, -0.2) is 0 Å². The Balaban J connectivity index is 2.07. The first-order chi connectivity index (χ1) is 11.1. The third kappa shape index (κ3) is 2.48. The maximum absolute atomic E-state index is 12.5. The maximum Gasteiger partial charge on any atom is 0.174 e. The Morgan fingerprint density at radius 1 is 1.17 bits per heavy atom. The van der Waals surface area contributed by atoms with Crippen LogP contribution in [0.2, 0.25) is 0 Å². The van der Waals surface area contributed by atoms with Crippen LogP contribution in [0.1, 0.15) is 34.0 Å². The van der Waals surface area contributed by atoms with Crippen LogP contribution in [0.3, 0.4) is 0 Å². The molecule has 0 aromatic heterocycles. The molecule has 1 heterocycles. The van der Waals surface area contributed by atoms with Crippen molar-refractivity contribution in [2.45, 2.75) is 19.4 Å². The summed E-state index contributed by atoms with van der Waals surface area (Å²) < 4.78 is 16.5. The Kier molecular flexibility index (Phi) is 3.86. The summed E-state index contributed by atoms with van der Waals surface area (Å²) in [6.45, 7) is 1.70. The molecular formula is C18H18O5. The SMILES string of the molecule is COc1ccccc1C1CC(=O)c2c(cc(OC)c(C)c2O)O1. The van der Waals surface area contributed by atoms with Crippen LogP contribution in [0.5, 0.6) is 23.0 Å². The molecule has 5 nitrogen and oxygen atoms in total. The quantitative estimate of drug-likeness (QED) is 0.940. The van der Waals surface area contributed by atoms with E-state index in [9.17, 15) is 9.90 Å². The number of Topliss-reactive ketones (excluding diaryl/α,β-unsaturated/α-hetero) is 1. The van der Waals surface area contributed by atoms with E-state index in [1.165, 1.54) is 7.11 Å². The van der Waals surface area contributed by atoms with Crippen molar-refractivity contribution in [3.63, 3.8) is 0 Å². The van der Waals surface area contributed by atoms with Crippen molar-refractivity contribution in [3.05, 3.63) is 47.0 Å². The van der Waals surface area contributed by atoms with Gasteiger partial charge in [-0.1, -0.05) is 18.2 Å². The van der Waals surface area contributed by atoms with E-state index in [0.717, 1.165) is 5.56 Å². The molecule has 0 saturated heterocycles. The maximum atomic E-state index is 12.5. The fraction of sp³-hybridized carbons (Fsp3) is 0.278.